The molecule has 1 rings (SSSR count). The summed E-state index contributed by atoms with van der Waals surface area (Å²) in [7, 11) is 0. The summed E-state index contributed by atoms with van der Waals surface area (Å²) < 4.78 is 0. The first-order chi connectivity index (χ1) is 6.58. The van der Waals surface area contributed by atoms with E-state index in [2.05, 4.69) is 36.1 Å². The average molecular weight is 194 g/mol. The highest BCUT2D eigenvalue weighted by atomic mass is 15.1. The van der Waals surface area contributed by atoms with Crippen molar-refractivity contribution in [2.75, 3.05) is 11.9 Å². The Morgan fingerprint density at radius 3 is 2.64 bits per heavy atom. The van der Waals surface area contributed by atoms with Gasteiger partial charge in [-0.25, -0.2) is 4.98 Å². The largest absolute Gasteiger partial charge is 0.362 e. The summed E-state index contributed by atoms with van der Waals surface area (Å²) >= 11 is 0. The minimum absolute atomic E-state index is 0.129. The molecule has 78 valence electrons. The third kappa shape index (κ3) is 2.42. The number of anilines is 1. The molecule has 3 N–H and O–H groups in total. The molecule has 4 heteroatoms. The molecule has 0 radical (unpaired) electrons. The quantitative estimate of drug-likeness (QED) is 0.757. The molecular weight excluding hydrogens is 176 g/mol. The number of hydrogen-bond donors (Lipinski definition) is 2. The molecule has 1 unspecified atom stereocenters. The summed E-state index contributed by atoms with van der Waals surface area (Å²) in [5.74, 6) is 1.21. The van der Waals surface area contributed by atoms with Crippen LogP contribution in [0.2, 0.25) is 0 Å². The van der Waals surface area contributed by atoms with Gasteiger partial charge in [0, 0.05) is 18.9 Å². The van der Waals surface area contributed by atoms with Crippen molar-refractivity contribution in [1.29, 1.82) is 0 Å². The maximum Gasteiger partial charge on any atom is 0.144 e. The van der Waals surface area contributed by atoms with E-state index in [0.717, 1.165) is 5.82 Å². The monoisotopic (exact) mass is 194 g/mol. The topological polar surface area (TPSA) is 63.8 Å². The molecule has 0 aromatic carbocycles. The van der Waals surface area contributed by atoms with Gasteiger partial charge in [-0.15, -0.1) is 0 Å². The van der Waals surface area contributed by atoms with E-state index < -0.39 is 0 Å². The van der Waals surface area contributed by atoms with Crippen LogP contribution in [0.1, 0.15) is 20.8 Å². The molecule has 0 aliphatic carbocycles. The summed E-state index contributed by atoms with van der Waals surface area (Å²) in [6.07, 6.45) is 5.02. The fourth-order valence-electron chi connectivity index (χ4n) is 1.09. The zero-order valence-corrected chi connectivity index (χ0v) is 8.99. The van der Waals surface area contributed by atoms with E-state index in [0.29, 0.717) is 12.5 Å². The molecule has 14 heavy (non-hydrogen) atoms. The standard InChI is InChI=1S/C10H18N4/c1-8(2)10(3,7-11)14-9-6-12-4-5-13-9/h4-6,8H,7,11H2,1-3H3,(H,13,14). The summed E-state index contributed by atoms with van der Waals surface area (Å²) in [5, 5.41) is 3.31. The second-order valence-corrected chi connectivity index (χ2v) is 3.99. The van der Waals surface area contributed by atoms with E-state index in [9.17, 15) is 0 Å². The Morgan fingerprint density at radius 2 is 2.21 bits per heavy atom. The summed E-state index contributed by atoms with van der Waals surface area (Å²) in [4.78, 5) is 8.16. The van der Waals surface area contributed by atoms with Gasteiger partial charge in [0.1, 0.15) is 5.82 Å². The van der Waals surface area contributed by atoms with E-state index >= 15 is 0 Å². The lowest BCUT2D eigenvalue weighted by molar-refractivity contribution is 0.381. The van der Waals surface area contributed by atoms with Crippen LogP contribution in [0.15, 0.2) is 18.6 Å². The van der Waals surface area contributed by atoms with Crippen molar-refractivity contribution in [2.24, 2.45) is 11.7 Å². The first-order valence-corrected chi connectivity index (χ1v) is 4.83. The Bertz CT molecular complexity index is 273. The molecule has 1 heterocycles. The smallest absolute Gasteiger partial charge is 0.144 e. The van der Waals surface area contributed by atoms with Crippen molar-refractivity contribution in [3.05, 3.63) is 18.6 Å². The molecular formula is C10H18N4. The zero-order chi connectivity index (χ0) is 10.6. The Hall–Kier alpha value is -1.16. The second-order valence-electron chi connectivity index (χ2n) is 3.99. The third-order valence-electron chi connectivity index (χ3n) is 2.68. The van der Waals surface area contributed by atoms with Gasteiger partial charge in [-0.05, 0) is 12.8 Å². The summed E-state index contributed by atoms with van der Waals surface area (Å²) in [6, 6.07) is 0. The molecule has 0 aliphatic heterocycles. The van der Waals surface area contributed by atoms with Gasteiger partial charge in [0.2, 0.25) is 0 Å². The van der Waals surface area contributed by atoms with Gasteiger partial charge in [0.05, 0.1) is 11.7 Å². The van der Waals surface area contributed by atoms with Crippen molar-refractivity contribution in [3.63, 3.8) is 0 Å². The number of nitrogens with zero attached hydrogens (tertiary/aromatic N) is 2. The minimum atomic E-state index is -0.129. The van der Waals surface area contributed by atoms with E-state index in [1.54, 1.807) is 18.6 Å². The van der Waals surface area contributed by atoms with Crippen LogP contribution < -0.4 is 11.1 Å². The molecule has 0 spiro atoms. The van der Waals surface area contributed by atoms with Gasteiger partial charge < -0.3 is 11.1 Å². The van der Waals surface area contributed by atoms with Crippen LogP contribution in [-0.4, -0.2) is 22.1 Å². The van der Waals surface area contributed by atoms with Crippen molar-refractivity contribution in [2.45, 2.75) is 26.3 Å². The maximum atomic E-state index is 5.75. The van der Waals surface area contributed by atoms with Crippen molar-refractivity contribution in [3.8, 4) is 0 Å². The fraction of sp³-hybridized carbons (Fsp3) is 0.600. The van der Waals surface area contributed by atoms with Crippen LogP contribution in [-0.2, 0) is 0 Å². The van der Waals surface area contributed by atoms with Crippen LogP contribution >= 0.6 is 0 Å². The molecule has 0 saturated carbocycles. The summed E-state index contributed by atoms with van der Waals surface area (Å²) in [6.45, 7) is 6.93. The highest BCUT2D eigenvalue weighted by molar-refractivity contribution is 5.34. The SMILES string of the molecule is CC(C)C(C)(CN)Nc1cnccn1. The van der Waals surface area contributed by atoms with Crippen molar-refractivity contribution in [1.82, 2.24) is 9.97 Å². The van der Waals surface area contributed by atoms with Crippen molar-refractivity contribution < 1.29 is 0 Å². The first-order valence-electron chi connectivity index (χ1n) is 4.83. The summed E-state index contributed by atoms with van der Waals surface area (Å²) in [5.41, 5.74) is 5.62. The highest BCUT2D eigenvalue weighted by Gasteiger charge is 2.26. The van der Waals surface area contributed by atoms with Gasteiger partial charge in [-0.1, -0.05) is 13.8 Å². The van der Waals surface area contributed by atoms with E-state index in [-0.39, 0.29) is 5.54 Å². The fourth-order valence-corrected chi connectivity index (χ4v) is 1.09. The average Bonchev–Trinajstić information content (AvgIpc) is 2.19. The lowest BCUT2D eigenvalue weighted by Gasteiger charge is -2.33. The molecule has 0 bridgehead atoms. The first kappa shape index (κ1) is 10.9. The number of nitrogens with one attached hydrogen (secondary N) is 1. The highest BCUT2D eigenvalue weighted by Crippen LogP contribution is 2.19. The van der Waals surface area contributed by atoms with Crippen molar-refractivity contribution >= 4 is 5.82 Å². The third-order valence-corrected chi connectivity index (χ3v) is 2.68. The van der Waals surface area contributed by atoms with E-state index in [1.165, 1.54) is 0 Å². The molecule has 0 fully saturated rings. The lowest BCUT2D eigenvalue weighted by Crippen LogP contribution is -2.47. The van der Waals surface area contributed by atoms with Crippen LogP contribution in [0.3, 0.4) is 0 Å². The van der Waals surface area contributed by atoms with Crippen LogP contribution in [0.4, 0.5) is 5.82 Å². The van der Waals surface area contributed by atoms with Crippen LogP contribution in [0.5, 0.6) is 0 Å². The minimum Gasteiger partial charge on any atom is -0.362 e. The van der Waals surface area contributed by atoms with Crippen LogP contribution in [0, 0.1) is 5.92 Å². The molecule has 1 aromatic rings. The molecule has 0 aliphatic rings. The molecule has 0 amide bonds. The van der Waals surface area contributed by atoms with Gasteiger partial charge in [0.15, 0.2) is 0 Å². The lowest BCUT2D eigenvalue weighted by atomic mass is 9.88. The second kappa shape index (κ2) is 4.37. The maximum absolute atomic E-state index is 5.75. The molecule has 4 nitrogen and oxygen atoms in total. The number of rotatable bonds is 4. The Labute approximate surface area is 85.0 Å². The van der Waals surface area contributed by atoms with Gasteiger partial charge >= 0.3 is 0 Å². The predicted molar refractivity (Wildman–Crippen MR) is 58.0 cm³/mol. The normalized spacial score (nSPS) is 15.2. The molecule has 1 atom stereocenters. The number of hydrogen-bond acceptors (Lipinski definition) is 4. The Balaban J connectivity index is 2.76. The van der Waals surface area contributed by atoms with Gasteiger partial charge in [-0.2, -0.15) is 0 Å². The number of nitrogens with two attached hydrogens (primary N) is 1. The number of aromatic nitrogens is 2. The molecule has 1 aromatic heterocycles. The molecule has 0 saturated heterocycles. The Morgan fingerprint density at radius 1 is 1.50 bits per heavy atom. The Kier molecular flexibility index (Phi) is 3.41. The zero-order valence-electron chi connectivity index (χ0n) is 8.99. The van der Waals surface area contributed by atoms with E-state index in [4.69, 9.17) is 5.73 Å². The predicted octanol–water partition coefficient (Wildman–Crippen LogP) is 1.26. The van der Waals surface area contributed by atoms with Gasteiger partial charge in [-0.3, -0.25) is 4.98 Å². The van der Waals surface area contributed by atoms with Crippen LogP contribution in [0.25, 0.3) is 0 Å². The van der Waals surface area contributed by atoms with Gasteiger partial charge in [0.25, 0.3) is 0 Å². The van der Waals surface area contributed by atoms with E-state index in [1.807, 2.05) is 0 Å².